The van der Waals surface area contributed by atoms with Crippen molar-refractivity contribution in [2.75, 3.05) is 11.9 Å². The molecule has 0 radical (unpaired) electrons. The van der Waals surface area contributed by atoms with E-state index in [0.717, 1.165) is 12.8 Å². The van der Waals surface area contributed by atoms with Crippen LogP contribution in [0.15, 0.2) is 24.3 Å². The Morgan fingerprint density at radius 1 is 1.38 bits per heavy atom. The zero-order chi connectivity index (χ0) is 15.7. The van der Waals surface area contributed by atoms with Crippen LogP contribution in [0.5, 0.6) is 0 Å². The Bertz CT molecular complexity index is 537. The van der Waals surface area contributed by atoms with Crippen molar-refractivity contribution in [2.24, 2.45) is 0 Å². The molecule has 112 valence electrons. The third-order valence-corrected chi connectivity index (χ3v) is 2.93. The highest BCUT2D eigenvalue weighted by Crippen LogP contribution is 2.14. The van der Waals surface area contributed by atoms with Crippen LogP contribution in [0.4, 0.5) is 5.69 Å². The summed E-state index contributed by atoms with van der Waals surface area (Å²) in [4.78, 5) is 23.0. The van der Waals surface area contributed by atoms with Gasteiger partial charge in [0.15, 0.2) is 0 Å². The molecule has 0 aliphatic heterocycles. The van der Waals surface area contributed by atoms with Crippen molar-refractivity contribution in [3.63, 3.8) is 0 Å². The third-order valence-electron chi connectivity index (χ3n) is 2.93. The molecule has 0 aromatic heterocycles. The molecular weight excluding hydrogens is 270 g/mol. The van der Waals surface area contributed by atoms with Crippen LogP contribution in [0, 0.1) is 11.3 Å². The second-order valence-electron chi connectivity index (χ2n) is 4.61. The number of carbonyl (C=O) groups is 2. The molecule has 0 aliphatic carbocycles. The Morgan fingerprint density at radius 3 is 2.71 bits per heavy atom. The maximum absolute atomic E-state index is 11.9. The molecule has 0 aliphatic rings. The first-order valence-corrected chi connectivity index (χ1v) is 6.83. The summed E-state index contributed by atoms with van der Waals surface area (Å²) in [6, 6.07) is 7.64. The van der Waals surface area contributed by atoms with Crippen LogP contribution in [0.25, 0.3) is 0 Å². The first kappa shape index (κ1) is 16.7. The zero-order valence-electron chi connectivity index (χ0n) is 11.9. The van der Waals surface area contributed by atoms with Crippen LogP contribution in [0.2, 0.25) is 0 Å². The lowest BCUT2D eigenvalue weighted by Gasteiger charge is -2.14. The van der Waals surface area contributed by atoms with Gasteiger partial charge in [0.2, 0.25) is 5.91 Å². The first-order chi connectivity index (χ1) is 10.1. The lowest BCUT2D eigenvalue weighted by Crippen LogP contribution is -2.40. The van der Waals surface area contributed by atoms with Gasteiger partial charge in [-0.1, -0.05) is 25.5 Å². The fraction of sp³-hybridized carbons (Fsp3) is 0.400. The molecule has 0 fully saturated rings. The Hall–Kier alpha value is -2.39. The van der Waals surface area contributed by atoms with Gasteiger partial charge in [-0.3, -0.25) is 9.59 Å². The van der Waals surface area contributed by atoms with E-state index < -0.39 is 17.9 Å². The van der Waals surface area contributed by atoms with Crippen LogP contribution in [0.1, 0.15) is 31.7 Å². The molecule has 0 spiro atoms. The third kappa shape index (κ3) is 5.63. The Balaban J connectivity index is 2.62. The maximum atomic E-state index is 11.9. The van der Waals surface area contributed by atoms with Crippen molar-refractivity contribution < 1.29 is 14.7 Å². The molecule has 1 aromatic rings. The second-order valence-corrected chi connectivity index (χ2v) is 4.61. The molecule has 1 atom stereocenters. The lowest BCUT2D eigenvalue weighted by atomic mass is 10.1. The number of rotatable bonds is 8. The fourth-order valence-corrected chi connectivity index (χ4v) is 1.78. The van der Waals surface area contributed by atoms with E-state index in [9.17, 15) is 9.59 Å². The molecule has 0 heterocycles. The Labute approximate surface area is 123 Å². The SMILES string of the molecule is CCCCNC(CC(=O)Nc1ccccc1C#N)C(=O)O. The van der Waals surface area contributed by atoms with Gasteiger partial charge in [-0.15, -0.1) is 0 Å². The average molecular weight is 289 g/mol. The molecule has 3 N–H and O–H groups in total. The number of aliphatic carboxylic acids is 1. The Kier molecular flexibility index (Phi) is 6.92. The van der Waals surface area contributed by atoms with Gasteiger partial charge in [0.1, 0.15) is 12.1 Å². The van der Waals surface area contributed by atoms with E-state index in [-0.39, 0.29) is 6.42 Å². The fourth-order valence-electron chi connectivity index (χ4n) is 1.78. The van der Waals surface area contributed by atoms with E-state index in [1.54, 1.807) is 24.3 Å². The summed E-state index contributed by atoms with van der Waals surface area (Å²) < 4.78 is 0. The first-order valence-electron chi connectivity index (χ1n) is 6.83. The number of benzene rings is 1. The molecule has 1 unspecified atom stereocenters. The number of carboxylic acids is 1. The number of anilines is 1. The molecule has 21 heavy (non-hydrogen) atoms. The normalized spacial score (nSPS) is 11.4. The van der Waals surface area contributed by atoms with E-state index >= 15 is 0 Å². The maximum Gasteiger partial charge on any atom is 0.321 e. The second kappa shape index (κ2) is 8.72. The molecule has 6 nitrogen and oxygen atoms in total. The smallest absolute Gasteiger partial charge is 0.321 e. The monoisotopic (exact) mass is 289 g/mol. The Morgan fingerprint density at radius 2 is 2.10 bits per heavy atom. The number of nitrogens with zero attached hydrogens (tertiary/aromatic N) is 1. The average Bonchev–Trinajstić information content (AvgIpc) is 2.46. The summed E-state index contributed by atoms with van der Waals surface area (Å²) >= 11 is 0. The number of para-hydroxylation sites is 1. The van der Waals surface area contributed by atoms with Crippen molar-refractivity contribution in [1.82, 2.24) is 5.32 Å². The van der Waals surface area contributed by atoms with Crippen molar-refractivity contribution in [2.45, 2.75) is 32.2 Å². The highest BCUT2D eigenvalue weighted by molar-refractivity contribution is 5.95. The molecule has 0 bridgehead atoms. The molecule has 0 saturated carbocycles. The van der Waals surface area contributed by atoms with Crippen LogP contribution in [0.3, 0.4) is 0 Å². The van der Waals surface area contributed by atoms with E-state index in [1.165, 1.54) is 0 Å². The molecule has 1 amide bonds. The molecule has 0 saturated heterocycles. The minimum Gasteiger partial charge on any atom is -0.480 e. The number of carbonyl (C=O) groups excluding carboxylic acids is 1. The predicted molar refractivity (Wildman–Crippen MR) is 78.7 cm³/mol. The minimum absolute atomic E-state index is 0.182. The summed E-state index contributed by atoms with van der Waals surface area (Å²) in [6.07, 6.45) is 1.61. The van der Waals surface area contributed by atoms with Crippen molar-refractivity contribution in [3.05, 3.63) is 29.8 Å². The molecule has 1 rings (SSSR count). The van der Waals surface area contributed by atoms with E-state index in [0.29, 0.717) is 17.8 Å². The van der Waals surface area contributed by atoms with Gasteiger partial charge in [0, 0.05) is 0 Å². The van der Waals surface area contributed by atoms with Gasteiger partial charge in [0.05, 0.1) is 17.7 Å². The van der Waals surface area contributed by atoms with Gasteiger partial charge in [-0.05, 0) is 25.1 Å². The number of unbranched alkanes of at least 4 members (excludes halogenated alkanes) is 1. The number of carboxylic acid groups (broad SMARTS) is 1. The van der Waals surface area contributed by atoms with Crippen molar-refractivity contribution >= 4 is 17.6 Å². The molecule has 1 aromatic carbocycles. The molecule has 6 heteroatoms. The molecular formula is C15H19N3O3. The summed E-state index contributed by atoms with van der Waals surface area (Å²) in [7, 11) is 0. The van der Waals surface area contributed by atoms with E-state index in [1.807, 2.05) is 13.0 Å². The number of nitrogens with one attached hydrogen (secondary N) is 2. The summed E-state index contributed by atoms with van der Waals surface area (Å²) in [5, 5.41) is 23.4. The standard InChI is InChI=1S/C15H19N3O3/c1-2-3-8-17-13(15(20)21)9-14(19)18-12-7-5-4-6-11(12)10-16/h4-7,13,17H,2-3,8-9H2,1H3,(H,18,19)(H,20,21). The zero-order valence-corrected chi connectivity index (χ0v) is 11.9. The van der Waals surface area contributed by atoms with Crippen LogP contribution >= 0.6 is 0 Å². The van der Waals surface area contributed by atoms with Gasteiger partial charge in [-0.2, -0.15) is 5.26 Å². The van der Waals surface area contributed by atoms with E-state index in [2.05, 4.69) is 10.6 Å². The number of nitriles is 1. The largest absolute Gasteiger partial charge is 0.480 e. The van der Waals surface area contributed by atoms with Gasteiger partial charge in [0.25, 0.3) is 0 Å². The lowest BCUT2D eigenvalue weighted by molar-refractivity contribution is -0.141. The number of hydrogen-bond donors (Lipinski definition) is 3. The number of amides is 1. The minimum atomic E-state index is -1.06. The van der Waals surface area contributed by atoms with Crippen molar-refractivity contribution in [3.8, 4) is 6.07 Å². The van der Waals surface area contributed by atoms with Crippen LogP contribution in [-0.4, -0.2) is 29.6 Å². The highest BCUT2D eigenvalue weighted by atomic mass is 16.4. The van der Waals surface area contributed by atoms with Crippen LogP contribution < -0.4 is 10.6 Å². The summed E-state index contributed by atoms with van der Waals surface area (Å²) in [6.45, 7) is 2.55. The number of hydrogen-bond acceptors (Lipinski definition) is 4. The summed E-state index contributed by atoms with van der Waals surface area (Å²) in [5.74, 6) is -1.50. The predicted octanol–water partition coefficient (Wildman–Crippen LogP) is 1.73. The highest BCUT2D eigenvalue weighted by Gasteiger charge is 2.20. The van der Waals surface area contributed by atoms with Gasteiger partial charge >= 0.3 is 5.97 Å². The van der Waals surface area contributed by atoms with Gasteiger partial charge in [-0.25, -0.2) is 0 Å². The van der Waals surface area contributed by atoms with Gasteiger partial charge < -0.3 is 15.7 Å². The topological polar surface area (TPSA) is 102 Å². The quantitative estimate of drug-likeness (QED) is 0.632. The summed E-state index contributed by atoms with van der Waals surface area (Å²) in [5.41, 5.74) is 0.736. The van der Waals surface area contributed by atoms with Crippen LogP contribution in [-0.2, 0) is 9.59 Å². The van der Waals surface area contributed by atoms with E-state index in [4.69, 9.17) is 10.4 Å². The van der Waals surface area contributed by atoms with Crippen molar-refractivity contribution in [1.29, 1.82) is 5.26 Å².